The predicted molar refractivity (Wildman–Crippen MR) is 67.3 cm³/mol. The molecular formula is C13H15ClN2. The van der Waals surface area contributed by atoms with Crippen LogP contribution in [0.25, 0.3) is 5.69 Å². The molecule has 0 N–H and O–H groups in total. The van der Waals surface area contributed by atoms with Gasteiger partial charge in [-0.3, -0.25) is 0 Å². The summed E-state index contributed by atoms with van der Waals surface area (Å²) < 4.78 is 1.96. The molecule has 16 heavy (non-hydrogen) atoms. The van der Waals surface area contributed by atoms with Gasteiger partial charge in [0, 0.05) is 11.3 Å². The minimum atomic E-state index is 0.517. The van der Waals surface area contributed by atoms with Crippen molar-refractivity contribution in [3.05, 3.63) is 46.8 Å². The Balaban J connectivity index is 2.56. The number of halogens is 1. The van der Waals surface area contributed by atoms with E-state index in [0.717, 1.165) is 22.6 Å². The van der Waals surface area contributed by atoms with Crippen LogP contribution in [0.4, 0.5) is 0 Å². The predicted octanol–water partition coefficient (Wildman–Crippen LogP) is 3.54. The Morgan fingerprint density at radius 2 is 2.00 bits per heavy atom. The maximum absolute atomic E-state index is 5.92. The van der Waals surface area contributed by atoms with Crippen LogP contribution >= 0.6 is 11.6 Å². The van der Waals surface area contributed by atoms with Crippen molar-refractivity contribution in [2.24, 2.45) is 0 Å². The first-order valence-corrected chi connectivity index (χ1v) is 5.85. The average molecular weight is 235 g/mol. The van der Waals surface area contributed by atoms with Gasteiger partial charge in [0.25, 0.3) is 0 Å². The molecule has 0 aliphatic heterocycles. The highest BCUT2D eigenvalue weighted by molar-refractivity contribution is 6.17. The molecule has 0 radical (unpaired) electrons. The highest BCUT2D eigenvalue weighted by atomic mass is 35.5. The average Bonchev–Trinajstić information content (AvgIpc) is 2.54. The summed E-state index contributed by atoms with van der Waals surface area (Å²) in [6.07, 6.45) is 0. The standard InChI is InChI=1S/C13H15ClN2/c1-9-5-4-6-12(7-9)16-11(3)13(8-14)10(2)15-16/h4-7H,8H2,1-3H3. The molecule has 84 valence electrons. The zero-order valence-electron chi connectivity index (χ0n) is 9.79. The number of hydrogen-bond donors (Lipinski definition) is 0. The lowest BCUT2D eigenvalue weighted by Crippen LogP contribution is -1.99. The molecule has 0 bridgehead atoms. The van der Waals surface area contributed by atoms with Crippen molar-refractivity contribution in [3.63, 3.8) is 0 Å². The van der Waals surface area contributed by atoms with Gasteiger partial charge in [0.15, 0.2) is 0 Å². The second kappa shape index (κ2) is 4.30. The topological polar surface area (TPSA) is 17.8 Å². The lowest BCUT2D eigenvalue weighted by molar-refractivity contribution is 0.832. The van der Waals surface area contributed by atoms with E-state index in [-0.39, 0.29) is 0 Å². The molecule has 0 spiro atoms. The Bertz CT molecular complexity index is 515. The van der Waals surface area contributed by atoms with Gasteiger partial charge in [0.05, 0.1) is 17.3 Å². The van der Waals surface area contributed by atoms with Crippen molar-refractivity contribution in [2.45, 2.75) is 26.7 Å². The maximum atomic E-state index is 5.92. The van der Waals surface area contributed by atoms with Crippen LogP contribution in [0.1, 0.15) is 22.5 Å². The number of benzene rings is 1. The number of aromatic nitrogens is 2. The van der Waals surface area contributed by atoms with E-state index >= 15 is 0 Å². The first-order valence-electron chi connectivity index (χ1n) is 5.31. The van der Waals surface area contributed by atoms with Crippen LogP contribution in [0.5, 0.6) is 0 Å². The third kappa shape index (κ3) is 1.85. The molecule has 0 saturated heterocycles. The van der Waals surface area contributed by atoms with Gasteiger partial charge in [0.2, 0.25) is 0 Å². The second-order valence-corrected chi connectivity index (χ2v) is 4.30. The Morgan fingerprint density at radius 1 is 1.25 bits per heavy atom. The molecule has 1 aromatic carbocycles. The van der Waals surface area contributed by atoms with Gasteiger partial charge in [-0.1, -0.05) is 12.1 Å². The molecule has 0 aliphatic rings. The zero-order valence-corrected chi connectivity index (χ0v) is 10.5. The molecule has 2 rings (SSSR count). The fraction of sp³-hybridized carbons (Fsp3) is 0.308. The van der Waals surface area contributed by atoms with Gasteiger partial charge >= 0.3 is 0 Å². The second-order valence-electron chi connectivity index (χ2n) is 4.03. The minimum absolute atomic E-state index is 0.517. The summed E-state index contributed by atoms with van der Waals surface area (Å²) in [5, 5.41) is 4.52. The highest BCUT2D eigenvalue weighted by Crippen LogP contribution is 2.19. The monoisotopic (exact) mass is 234 g/mol. The molecule has 1 aromatic heterocycles. The summed E-state index contributed by atoms with van der Waals surface area (Å²) in [4.78, 5) is 0. The van der Waals surface area contributed by atoms with Gasteiger partial charge in [0.1, 0.15) is 0 Å². The van der Waals surface area contributed by atoms with Crippen molar-refractivity contribution >= 4 is 11.6 Å². The van der Waals surface area contributed by atoms with Gasteiger partial charge in [-0.05, 0) is 38.5 Å². The van der Waals surface area contributed by atoms with E-state index in [4.69, 9.17) is 11.6 Å². The Morgan fingerprint density at radius 3 is 2.56 bits per heavy atom. The Kier molecular flexibility index (Phi) is 3.01. The van der Waals surface area contributed by atoms with Crippen LogP contribution in [0.3, 0.4) is 0 Å². The van der Waals surface area contributed by atoms with E-state index in [1.54, 1.807) is 0 Å². The molecule has 0 unspecified atom stereocenters. The van der Waals surface area contributed by atoms with E-state index < -0.39 is 0 Å². The normalized spacial score (nSPS) is 10.8. The molecule has 0 aliphatic carbocycles. The fourth-order valence-electron chi connectivity index (χ4n) is 1.88. The molecule has 1 heterocycles. The molecule has 3 heteroatoms. The zero-order chi connectivity index (χ0) is 11.7. The van der Waals surface area contributed by atoms with E-state index in [2.05, 4.69) is 37.1 Å². The lowest BCUT2D eigenvalue weighted by atomic mass is 10.2. The van der Waals surface area contributed by atoms with Gasteiger partial charge in [-0.2, -0.15) is 5.10 Å². The number of aryl methyl sites for hydroxylation is 2. The van der Waals surface area contributed by atoms with Crippen LogP contribution < -0.4 is 0 Å². The summed E-state index contributed by atoms with van der Waals surface area (Å²) in [5.41, 5.74) is 5.59. The van der Waals surface area contributed by atoms with Crippen molar-refractivity contribution in [1.82, 2.24) is 9.78 Å². The summed E-state index contributed by atoms with van der Waals surface area (Å²) in [5.74, 6) is 0.517. The number of nitrogens with zero attached hydrogens (tertiary/aromatic N) is 2. The first-order chi connectivity index (χ1) is 7.63. The van der Waals surface area contributed by atoms with E-state index in [0.29, 0.717) is 5.88 Å². The van der Waals surface area contributed by atoms with Gasteiger partial charge in [-0.15, -0.1) is 11.6 Å². The molecule has 0 amide bonds. The summed E-state index contributed by atoms with van der Waals surface area (Å²) in [6, 6.07) is 8.31. The van der Waals surface area contributed by atoms with Gasteiger partial charge in [-0.25, -0.2) is 4.68 Å². The quantitative estimate of drug-likeness (QED) is 0.727. The van der Waals surface area contributed by atoms with Crippen molar-refractivity contribution < 1.29 is 0 Å². The molecular weight excluding hydrogens is 220 g/mol. The molecule has 0 atom stereocenters. The maximum Gasteiger partial charge on any atom is 0.0651 e. The molecule has 0 fully saturated rings. The van der Waals surface area contributed by atoms with Crippen molar-refractivity contribution in [3.8, 4) is 5.69 Å². The lowest BCUT2D eigenvalue weighted by Gasteiger charge is -2.05. The molecule has 0 saturated carbocycles. The number of rotatable bonds is 2. The molecule has 2 aromatic rings. The van der Waals surface area contributed by atoms with E-state index in [1.807, 2.05) is 17.7 Å². The third-order valence-corrected chi connectivity index (χ3v) is 3.09. The van der Waals surface area contributed by atoms with Crippen LogP contribution in [-0.4, -0.2) is 9.78 Å². The third-order valence-electron chi connectivity index (χ3n) is 2.82. The fourth-order valence-corrected chi connectivity index (χ4v) is 2.27. The van der Waals surface area contributed by atoms with E-state index in [1.165, 1.54) is 5.56 Å². The molecule has 2 nitrogen and oxygen atoms in total. The number of hydrogen-bond acceptors (Lipinski definition) is 1. The first kappa shape index (κ1) is 11.2. The van der Waals surface area contributed by atoms with E-state index in [9.17, 15) is 0 Å². The Labute approximate surface area is 101 Å². The van der Waals surface area contributed by atoms with Crippen LogP contribution in [0, 0.1) is 20.8 Å². The summed E-state index contributed by atoms with van der Waals surface area (Å²) in [7, 11) is 0. The van der Waals surface area contributed by atoms with Crippen molar-refractivity contribution in [1.29, 1.82) is 0 Å². The highest BCUT2D eigenvalue weighted by Gasteiger charge is 2.11. The van der Waals surface area contributed by atoms with Gasteiger partial charge < -0.3 is 0 Å². The smallest absolute Gasteiger partial charge is 0.0651 e. The van der Waals surface area contributed by atoms with Crippen molar-refractivity contribution in [2.75, 3.05) is 0 Å². The minimum Gasteiger partial charge on any atom is -0.238 e. The van der Waals surface area contributed by atoms with Crippen LogP contribution in [0.2, 0.25) is 0 Å². The summed E-state index contributed by atoms with van der Waals surface area (Å²) >= 11 is 5.92. The van der Waals surface area contributed by atoms with Crippen LogP contribution in [0.15, 0.2) is 24.3 Å². The number of alkyl halides is 1. The Hall–Kier alpha value is -1.28. The SMILES string of the molecule is Cc1cccc(-n2nc(C)c(CCl)c2C)c1. The largest absolute Gasteiger partial charge is 0.238 e. The summed E-state index contributed by atoms with van der Waals surface area (Å²) in [6.45, 7) is 6.13. The van der Waals surface area contributed by atoms with Crippen LogP contribution in [-0.2, 0) is 5.88 Å².